The number of aliphatic hydroxyl groups is 1. The molecule has 0 fully saturated rings. The first-order chi connectivity index (χ1) is 7.33. The molecule has 5 nitrogen and oxygen atoms in total. The lowest BCUT2D eigenvalue weighted by Crippen LogP contribution is -2.18. The fourth-order valence-corrected chi connectivity index (χ4v) is 1.07. The largest absolute Gasteiger partial charge is 0.391 e. The van der Waals surface area contributed by atoms with Gasteiger partial charge in [0.15, 0.2) is 0 Å². The molecule has 1 N–H and O–H groups in total. The monoisotopic (exact) mass is 207 g/mol. The molecular formula is C10H13N3O2. The molecule has 1 aromatic carbocycles. The highest BCUT2D eigenvalue weighted by Crippen LogP contribution is 2.00. The maximum atomic E-state index is 9.27. The molecule has 0 spiro atoms. The first kappa shape index (κ1) is 11.5. The normalized spacial score (nSPS) is 11.8. The van der Waals surface area contributed by atoms with Gasteiger partial charge in [0.25, 0.3) is 0 Å². The third kappa shape index (κ3) is 5.02. The molecule has 0 bridgehead atoms. The predicted octanol–water partition coefficient (Wildman–Crippen LogP) is 1.87. The van der Waals surface area contributed by atoms with Crippen molar-refractivity contribution in [3.63, 3.8) is 0 Å². The molecule has 0 amide bonds. The van der Waals surface area contributed by atoms with Gasteiger partial charge >= 0.3 is 0 Å². The lowest BCUT2D eigenvalue weighted by molar-refractivity contribution is 0.0329. The Morgan fingerprint density at radius 2 is 2.13 bits per heavy atom. The van der Waals surface area contributed by atoms with E-state index in [4.69, 9.17) is 10.3 Å². The quantitative estimate of drug-likeness (QED) is 0.439. The summed E-state index contributed by atoms with van der Waals surface area (Å²) in [6.07, 6.45) is -0.732. The summed E-state index contributed by atoms with van der Waals surface area (Å²) in [6.45, 7) is 0.674. The fraction of sp³-hybridized carbons (Fsp3) is 0.400. The van der Waals surface area contributed by atoms with Gasteiger partial charge in [0.05, 0.1) is 25.9 Å². The first-order valence-corrected chi connectivity index (χ1v) is 4.63. The van der Waals surface area contributed by atoms with Crippen LogP contribution in [0.4, 0.5) is 0 Å². The zero-order valence-corrected chi connectivity index (χ0v) is 8.28. The Balaban J connectivity index is 2.19. The molecule has 1 aromatic rings. The Kier molecular flexibility index (Phi) is 5.25. The van der Waals surface area contributed by atoms with Gasteiger partial charge in [-0.2, -0.15) is 0 Å². The molecule has 80 valence electrons. The molecule has 0 aliphatic heterocycles. The van der Waals surface area contributed by atoms with Crippen molar-refractivity contribution in [3.05, 3.63) is 46.3 Å². The molecule has 0 saturated carbocycles. The van der Waals surface area contributed by atoms with Gasteiger partial charge < -0.3 is 9.84 Å². The Hall–Kier alpha value is -1.55. The number of aliphatic hydroxyl groups excluding tert-OH is 1. The molecule has 0 saturated heterocycles. The molecule has 0 aliphatic rings. The van der Waals surface area contributed by atoms with E-state index in [1.54, 1.807) is 0 Å². The zero-order valence-electron chi connectivity index (χ0n) is 8.28. The average Bonchev–Trinajstić information content (AvgIpc) is 2.28. The van der Waals surface area contributed by atoms with Crippen molar-refractivity contribution in [2.45, 2.75) is 12.7 Å². The van der Waals surface area contributed by atoms with Crippen LogP contribution in [0.2, 0.25) is 0 Å². The standard InChI is InChI=1S/C10H13N3O2/c11-13-12-6-10(14)8-15-7-9-4-2-1-3-5-9/h1-5,10,14H,6-8H2. The van der Waals surface area contributed by atoms with Gasteiger partial charge in [-0.25, -0.2) is 0 Å². The minimum atomic E-state index is -0.732. The molecule has 1 rings (SSSR count). The van der Waals surface area contributed by atoms with Gasteiger partial charge in [-0.3, -0.25) is 0 Å². The number of benzene rings is 1. The molecule has 0 aliphatic carbocycles. The topological polar surface area (TPSA) is 78.2 Å². The lowest BCUT2D eigenvalue weighted by Gasteiger charge is -2.08. The molecule has 5 heteroatoms. The number of nitrogens with zero attached hydrogens (tertiary/aromatic N) is 3. The summed E-state index contributed by atoms with van der Waals surface area (Å²) in [5, 5.41) is 12.5. The molecular weight excluding hydrogens is 194 g/mol. The Morgan fingerprint density at radius 3 is 2.80 bits per heavy atom. The van der Waals surface area contributed by atoms with Gasteiger partial charge in [0.2, 0.25) is 0 Å². The smallest absolute Gasteiger partial charge is 0.0830 e. The van der Waals surface area contributed by atoms with Crippen LogP contribution in [-0.2, 0) is 11.3 Å². The summed E-state index contributed by atoms with van der Waals surface area (Å²) in [6, 6.07) is 9.67. The van der Waals surface area contributed by atoms with Crippen molar-refractivity contribution in [1.29, 1.82) is 0 Å². The lowest BCUT2D eigenvalue weighted by atomic mass is 10.2. The van der Waals surface area contributed by atoms with E-state index >= 15 is 0 Å². The van der Waals surface area contributed by atoms with Crippen LogP contribution >= 0.6 is 0 Å². The SMILES string of the molecule is [N-]=[N+]=NCC(O)COCc1ccccc1. The van der Waals surface area contributed by atoms with Crippen molar-refractivity contribution >= 4 is 0 Å². The van der Waals surface area contributed by atoms with Gasteiger partial charge in [0.1, 0.15) is 0 Å². The second kappa shape index (κ2) is 6.84. The highest BCUT2D eigenvalue weighted by molar-refractivity contribution is 5.13. The summed E-state index contributed by atoms with van der Waals surface area (Å²) in [4.78, 5) is 2.55. The second-order valence-electron chi connectivity index (χ2n) is 3.07. The van der Waals surface area contributed by atoms with Gasteiger partial charge in [-0.05, 0) is 11.1 Å². The second-order valence-corrected chi connectivity index (χ2v) is 3.07. The van der Waals surface area contributed by atoms with E-state index in [0.717, 1.165) is 5.56 Å². The van der Waals surface area contributed by atoms with Crippen molar-refractivity contribution in [3.8, 4) is 0 Å². The van der Waals surface area contributed by atoms with Crippen molar-refractivity contribution in [2.75, 3.05) is 13.2 Å². The molecule has 1 atom stereocenters. The minimum Gasteiger partial charge on any atom is -0.391 e. The molecule has 0 radical (unpaired) electrons. The van der Waals surface area contributed by atoms with E-state index < -0.39 is 6.10 Å². The van der Waals surface area contributed by atoms with Crippen LogP contribution in [0.5, 0.6) is 0 Å². The van der Waals surface area contributed by atoms with Crippen LogP contribution in [0.1, 0.15) is 5.56 Å². The third-order valence-electron chi connectivity index (χ3n) is 1.78. The zero-order chi connectivity index (χ0) is 10.9. The van der Waals surface area contributed by atoms with Gasteiger partial charge in [0, 0.05) is 4.91 Å². The van der Waals surface area contributed by atoms with E-state index in [1.165, 1.54) is 0 Å². The molecule has 1 unspecified atom stereocenters. The fourth-order valence-electron chi connectivity index (χ4n) is 1.07. The van der Waals surface area contributed by atoms with Crippen molar-refractivity contribution in [1.82, 2.24) is 0 Å². The van der Waals surface area contributed by atoms with Crippen LogP contribution in [-0.4, -0.2) is 24.4 Å². The Morgan fingerprint density at radius 1 is 1.40 bits per heavy atom. The summed E-state index contributed by atoms with van der Waals surface area (Å²) in [7, 11) is 0. The summed E-state index contributed by atoms with van der Waals surface area (Å²) >= 11 is 0. The van der Waals surface area contributed by atoms with E-state index in [1.807, 2.05) is 30.3 Å². The average molecular weight is 207 g/mol. The van der Waals surface area contributed by atoms with Crippen LogP contribution < -0.4 is 0 Å². The maximum absolute atomic E-state index is 9.27. The summed E-state index contributed by atoms with van der Waals surface area (Å²) < 4.78 is 5.25. The highest BCUT2D eigenvalue weighted by atomic mass is 16.5. The molecule has 15 heavy (non-hydrogen) atoms. The number of hydrogen-bond acceptors (Lipinski definition) is 3. The van der Waals surface area contributed by atoms with Crippen molar-refractivity contribution < 1.29 is 9.84 Å². The summed E-state index contributed by atoms with van der Waals surface area (Å²) in [5.74, 6) is 0. The van der Waals surface area contributed by atoms with Crippen molar-refractivity contribution in [2.24, 2.45) is 5.11 Å². The van der Waals surface area contributed by atoms with E-state index in [2.05, 4.69) is 10.0 Å². The van der Waals surface area contributed by atoms with Crippen LogP contribution in [0.25, 0.3) is 10.4 Å². The number of ether oxygens (including phenoxy) is 1. The van der Waals surface area contributed by atoms with Crippen LogP contribution in [0, 0.1) is 0 Å². The van der Waals surface area contributed by atoms with Gasteiger partial charge in [-0.15, -0.1) is 0 Å². The third-order valence-corrected chi connectivity index (χ3v) is 1.78. The van der Waals surface area contributed by atoms with Crippen LogP contribution in [0.15, 0.2) is 35.4 Å². The number of hydrogen-bond donors (Lipinski definition) is 1. The van der Waals surface area contributed by atoms with E-state index in [-0.39, 0.29) is 13.2 Å². The summed E-state index contributed by atoms with van der Waals surface area (Å²) in [5.41, 5.74) is 9.07. The van der Waals surface area contributed by atoms with Crippen LogP contribution in [0.3, 0.4) is 0 Å². The molecule has 0 aromatic heterocycles. The van der Waals surface area contributed by atoms with E-state index in [9.17, 15) is 5.11 Å². The highest BCUT2D eigenvalue weighted by Gasteiger charge is 2.02. The molecule has 0 heterocycles. The Bertz CT molecular complexity index is 323. The number of rotatable bonds is 6. The number of azide groups is 1. The minimum absolute atomic E-state index is 0.0469. The predicted molar refractivity (Wildman–Crippen MR) is 56.1 cm³/mol. The Labute approximate surface area is 87.9 Å². The first-order valence-electron chi connectivity index (χ1n) is 4.63. The van der Waals surface area contributed by atoms with Gasteiger partial charge in [-0.1, -0.05) is 35.4 Å². The van der Waals surface area contributed by atoms with E-state index in [0.29, 0.717) is 6.61 Å². The maximum Gasteiger partial charge on any atom is 0.0830 e.